The van der Waals surface area contributed by atoms with Gasteiger partial charge in [0.05, 0.1) is 24.4 Å². The van der Waals surface area contributed by atoms with Crippen molar-refractivity contribution < 1.29 is 14.6 Å². The third-order valence-electron chi connectivity index (χ3n) is 3.56. The minimum absolute atomic E-state index is 0.240. The number of ether oxygens (including phenoxy) is 1. The average molecular weight is 275 g/mol. The second-order valence-corrected chi connectivity index (χ2v) is 4.99. The molecule has 2 N–H and O–H groups in total. The number of aliphatic hydroxyl groups is 1. The van der Waals surface area contributed by atoms with Crippen molar-refractivity contribution in [2.24, 2.45) is 0 Å². The van der Waals surface area contributed by atoms with Crippen LogP contribution >= 0.6 is 0 Å². The predicted octanol–water partition coefficient (Wildman–Crippen LogP) is 0.522. The number of hydrogen-bond donors (Lipinski definition) is 2. The lowest BCUT2D eigenvalue weighted by molar-refractivity contribution is -0.0140. The van der Waals surface area contributed by atoms with Crippen LogP contribution in [0.15, 0.2) is 24.4 Å². The molecule has 6 heteroatoms. The molecule has 2 atom stereocenters. The molecule has 0 aromatic carbocycles. The van der Waals surface area contributed by atoms with Crippen molar-refractivity contribution in [2.75, 3.05) is 13.2 Å². The Labute approximate surface area is 116 Å². The van der Waals surface area contributed by atoms with Crippen LogP contribution in [0.3, 0.4) is 0 Å². The Morgan fingerprint density at radius 3 is 3.20 bits per heavy atom. The van der Waals surface area contributed by atoms with Gasteiger partial charge >= 0.3 is 0 Å². The summed E-state index contributed by atoms with van der Waals surface area (Å²) in [7, 11) is 0. The number of nitrogens with zero attached hydrogens (tertiary/aromatic N) is 2. The summed E-state index contributed by atoms with van der Waals surface area (Å²) in [6, 6.07) is 5.21. The molecule has 20 heavy (non-hydrogen) atoms. The molecule has 0 saturated carbocycles. The highest BCUT2D eigenvalue weighted by atomic mass is 16.5. The Hall–Kier alpha value is -1.92. The van der Waals surface area contributed by atoms with Crippen molar-refractivity contribution in [1.29, 1.82) is 0 Å². The summed E-state index contributed by atoms with van der Waals surface area (Å²) in [4.78, 5) is 16.8. The first-order valence-corrected chi connectivity index (χ1v) is 6.67. The van der Waals surface area contributed by atoms with E-state index in [4.69, 9.17) is 4.74 Å². The number of nitrogens with one attached hydrogen (secondary N) is 1. The second-order valence-electron chi connectivity index (χ2n) is 4.99. The first-order valence-electron chi connectivity index (χ1n) is 6.67. The maximum absolute atomic E-state index is 12.4. The molecule has 6 nitrogen and oxygen atoms in total. The summed E-state index contributed by atoms with van der Waals surface area (Å²) < 4.78 is 7.04. The van der Waals surface area contributed by atoms with E-state index in [2.05, 4.69) is 10.3 Å². The number of rotatable bonds is 2. The van der Waals surface area contributed by atoms with Crippen molar-refractivity contribution in [3.8, 4) is 0 Å². The number of amides is 1. The van der Waals surface area contributed by atoms with E-state index in [1.165, 1.54) is 0 Å². The van der Waals surface area contributed by atoms with E-state index in [-0.39, 0.29) is 11.9 Å². The minimum Gasteiger partial charge on any atom is -0.391 e. The van der Waals surface area contributed by atoms with Crippen LogP contribution in [0.5, 0.6) is 0 Å². The molecular weight excluding hydrogens is 258 g/mol. The number of carbonyl (C=O) groups is 1. The van der Waals surface area contributed by atoms with Crippen LogP contribution in [0, 0.1) is 6.92 Å². The van der Waals surface area contributed by atoms with Crippen LogP contribution in [0.4, 0.5) is 0 Å². The molecule has 2 aromatic heterocycles. The molecular formula is C14H17N3O3. The summed E-state index contributed by atoms with van der Waals surface area (Å²) in [5.74, 6) is -0.240. The normalized spacial score (nSPS) is 22.9. The van der Waals surface area contributed by atoms with Crippen molar-refractivity contribution in [3.05, 3.63) is 35.8 Å². The molecule has 1 fully saturated rings. The van der Waals surface area contributed by atoms with E-state index < -0.39 is 6.10 Å². The van der Waals surface area contributed by atoms with E-state index in [0.29, 0.717) is 31.0 Å². The van der Waals surface area contributed by atoms with E-state index in [1.54, 1.807) is 17.5 Å². The molecule has 0 unspecified atom stereocenters. The van der Waals surface area contributed by atoms with Crippen molar-refractivity contribution in [1.82, 2.24) is 14.7 Å². The zero-order chi connectivity index (χ0) is 14.1. The standard InChI is InChI=1S/C14H17N3O3/c1-9-13(17-6-3-2-4-12(17)15-9)14(19)16-10-8-20-7-5-11(10)18/h2-4,6,10-11,18H,5,7-8H2,1H3,(H,16,19)/t10-,11-/m1/s1. The fourth-order valence-electron chi connectivity index (χ4n) is 2.49. The Bertz CT molecular complexity index is 638. The summed E-state index contributed by atoms with van der Waals surface area (Å²) >= 11 is 0. The van der Waals surface area contributed by atoms with Crippen molar-refractivity contribution in [3.63, 3.8) is 0 Å². The van der Waals surface area contributed by atoms with Gasteiger partial charge in [0.2, 0.25) is 0 Å². The lowest BCUT2D eigenvalue weighted by atomic mass is 10.1. The lowest BCUT2D eigenvalue weighted by Gasteiger charge is -2.28. The molecule has 0 radical (unpaired) electrons. The van der Waals surface area contributed by atoms with Gasteiger partial charge in [-0.2, -0.15) is 0 Å². The highest BCUT2D eigenvalue weighted by Crippen LogP contribution is 2.13. The monoisotopic (exact) mass is 275 g/mol. The molecule has 1 aliphatic heterocycles. The summed E-state index contributed by atoms with van der Waals surface area (Å²) in [5, 5.41) is 12.7. The number of hydrogen-bond acceptors (Lipinski definition) is 4. The zero-order valence-electron chi connectivity index (χ0n) is 11.2. The van der Waals surface area contributed by atoms with Crippen molar-refractivity contribution in [2.45, 2.75) is 25.5 Å². The first kappa shape index (κ1) is 13.1. The molecule has 1 amide bonds. The number of aryl methyl sites for hydroxylation is 1. The third-order valence-corrected chi connectivity index (χ3v) is 3.56. The predicted molar refractivity (Wildman–Crippen MR) is 72.6 cm³/mol. The smallest absolute Gasteiger partial charge is 0.270 e. The van der Waals surface area contributed by atoms with Gasteiger partial charge in [0.1, 0.15) is 11.3 Å². The highest BCUT2D eigenvalue weighted by Gasteiger charge is 2.27. The minimum atomic E-state index is -0.563. The van der Waals surface area contributed by atoms with E-state index in [9.17, 15) is 9.90 Å². The van der Waals surface area contributed by atoms with Crippen LogP contribution < -0.4 is 5.32 Å². The molecule has 3 rings (SSSR count). The van der Waals surface area contributed by atoms with Gasteiger partial charge in [0, 0.05) is 12.8 Å². The fourth-order valence-corrected chi connectivity index (χ4v) is 2.49. The summed E-state index contributed by atoms with van der Waals surface area (Å²) in [6.07, 6.45) is 1.78. The number of pyridine rings is 1. The van der Waals surface area contributed by atoms with Crippen LogP contribution in [0.25, 0.3) is 5.65 Å². The van der Waals surface area contributed by atoms with Gasteiger partial charge in [0.25, 0.3) is 5.91 Å². The van der Waals surface area contributed by atoms with Gasteiger partial charge in [-0.1, -0.05) is 6.07 Å². The number of imidazole rings is 1. The molecule has 1 aliphatic rings. The largest absolute Gasteiger partial charge is 0.391 e. The van der Waals surface area contributed by atoms with Crippen LogP contribution in [0.2, 0.25) is 0 Å². The number of fused-ring (bicyclic) bond motifs is 1. The summed E-state index contributed by atoms with van der Waals surface area (Å²) in [6.45, 7) is 2.67. The Morgan fingerprint density at radius 1 is 1.55 bits per heavy atom. The molecule has 1 saturated heterocycles. The van der Waals surface area contributed by atoms with Crippen LogP contribution in [-0.4, -0.2) is 45.8 Å². The van der Waals surface area contributed by atoms with Gasteiger partial charge < -0.3 is 15.2 Å². The number of aromatic nitrogens is 2. The Kier molecular flexibility index (Phi) is 3.42. The molecule has 0 bridgehead atoms. The van der Waals surface area contributed by atoms with Gasteiger partial charge in [-0.3, -0.25) is 9.20 Å². The second kappa shape index (κ2) is 5.22. The van der Waals surface area contributed by atoms with Gasteiger partial charge in [-0.25, -0.2) is 4.98 Å². The van der Waals surface area contributed by atoms with Crippen LogP contribution in [-0.2, 0) is 4.74 Å². The van der Waals surface area contributed by atoms with Crippen LogP contribution in [0.1, 0.15) is 22.6 Å². The molecule has 106 valence electrons. The zero-order valence-corrected chi connectivity index (χ0v) is 11.2. The maximum atomic E-state index is 12.4. The van der Waals surface area contributed by atoms with E-state index in [1.807, 2.05) is 18.2 Å². The average Bonchev–Trinajstić information content (AvgIpc) is 2.77. The number of aliphatic hydroxyl groups excluding tert-OH is 1. The van der Waals surface area contributed by atoms with E-state index in [0.717, 1.165) is 5.65 Å². The maximum Gasteiger partial charge on any atom is 0.270 e. The number of carbonyl (C=O) groups excluding carboxylic acids is 1. The van der Waals surface area contributed by atoms with Crippen molar-refractivity contribution >= 4 is 11.6 Å². The molecule has 0 aliphatic carbocycles. The molecule has 0 spiro atoms. The lowest BCUT2D eigenvalue weighted by Crippen LogP contribution is -2.49. The fraction of sp³-hybridized carbons (Fsp3) is 0.429. The topological polar surface area (TPSA) is 75.9 Å². The van der Waals surface area contributed by atoms with Gasteiger partial charge in [-0.15, -0.1) is 0 Å². The Morgan fingerprint density at radius 2 is 2.40 bits per heavy atom. The molecule has 2 aromatic rings. The SMILES string of the molecule is Cc1nc2ccccn2c1C(=O)N[C@@H]1COCC[C@H]1O. The molecule has 3 heterocycles. The van der Waals surface area contributed by atoms with Gasteiger partial charge in [-0.05, 0) is 25.5 Å². The summed E-state index contributed by atoms with van der Waals surface area (Å²) in [5.41, 5.74) is 1.90. The first-order chi connectivity index (χ1) is 9.66. The van der Waals surface area contributed by atoms with E-state index >= 15 is 0 Å². The highest BCUT2D eigenvalue weighted by molar-refractivity contribution is 5.94. The Balaban J connectivity index is 1.87. The third kappa shape index (κ3) is 2.28. The quantitative estimate of drug-likeness (QED) is 0.838. The van der Waals surface area contributed by atoms with Gasteiger partial charge in [0.15, 0.2) is 0 Å².